The normalized spacial score (nSPS) is 20.1. The van der Waals surface area contributed by atoms with Gasteiger partial charge in [0.05, 0.1) is 22.1 Å². The lowest BCUT2D eigenvalue weighted by molar-refractivity contribution is 0.00578. The molecule has 23 heavy (non-hydrogen) atoms. The number of benzene rings is 1. The van der Waals surface area contributed by atoms with Gasteiger partial charge in [-0.15, -0.1) is 0 Å². The van der Waals surface area contributed by atoms with Crippen LogP contribution in [0, 0.1) is 6.92 Å². The summed E-state index contributed by atoms with van der Waals surface area (Å²) in [5, 5.41) is -0.482. The summed E-state index contributed by atoms with van der Waals surface area (Å²) in [6.45, 7) is 13.2. The van der Waals surface area contributed by atoms with Gasteiger partial charge in [0, 0.05) is 0 Å². The van der Waals surface area contributed by atoms with Gasteiger partial charge in [-0.25, -0.2) is 8.42 Å². The van der Waals surface area contributed by atoms with Crippen molar-refractivity contribution >= 4 is 28.3 Å². The first kappa shape index (κ1) is 18.3. The van der Waals surface area contributed by atoms with Gasteiger partial charge in [0.15, 0.2) is 0 Å². The van der Waals surface area contributed by atoms with Crippen molar-refractivity contribution in [3.05, 3.63) is 23.8 Å². The van der Waals surface area contributed by atoms with Gasteiger partial charge in [0.25, 0.3) is 0 Å². The molecule has 1 fully saturated rings. The summed E-state index contributed by atoms with van der Waals surface area (Å²) in [7, 11) is -3.80. The Balaban J connectivity index is 2.25. The van der Waals surface area contributed by atoms with Crippen LogP contribution in [-0.4, -0.2) is 32.0 Å². The average molecular weight is 339 g/mol. The van der Waals surface area contributed by atoms with Crippen molar-refractivity contribution in [1.29, 1.82) is 0 Å². The van der Waals surface area contributed by atoms with Crippen LogP contribution in [0.2, 0.25) is 0 Å². The van der Waals surface area contributed by atoms with Crippen LogP contribution in [0.3, 0.4) is 0 Å². The molecule has 1 N–H and O–H groups in total. The number of aryl methyl sites for hydroxylation is 1. The molecule has 0 spiro atoms. The van der Waals surface area contributed by atoms with E-state index in [1.807, 2.05) is 46.8 Å². The molecule has 1 saturated heterocycles. The average Bonchev–Trinajstić information content (AvgIpc) is 2.60. The third kappa shape index (κ3) is 3.57. The van der Waals surface area contributed by atoms with E-state index < -0.39 is 33.6 Å². The fourth-order valence-corrected chi connectivity index (χ4v) is 2.97. The van der Waals surface area contributed by atoms with Crippen molar-refractivity contribution in [1.82, 2.24) is 0 Å². The van der Waals surface area contributed by atoms with Crippen LogP contribution in [0.15, 0.2) is 18.2 Å². The molecular weight excluding hydrogens is 313 g/mol. The van der Waals surface area contributed by atoms with E-state index in [0.717, 1.165) is 11.0 Å². The SMILES string of the molecule is Cc1cc(B2OC(C)(C)C(C)(C)O2)ccc1NS(=O)(=O)C(C)C. The van der Waals surface area contributed by atoms with Crippen molar-refractivity contribution < 1.29 is 17.7 Å². The molecule has 0 aliphatic carbocycles. The molecule has 0 amide bonds. The Hall–Kier alpha value is -1.05. The van der Waals surface area contributed by atoms with E-state index in [-0.39, 0.29) is 0 Å². The first-order chi connectivity index (χ1) is 10.4. The van der Waals surface area contributed by atoms with Gasteiger partial charge < -0.3 is 9.31 Å². The number of rotatable bonds is 4. The van der Waals surface area contributed by atoms with Crippen LogP contribution in [0.25, 0.3) is 0 Å². The second-order valence-electron chi connectivity index (χ2n) is 7.36. The molecule has 0 aromatic heterocycles. The lowest BCUT2D eigenvalue weighted by Crippen LogP contribution is -2.41. The molecule has 1 heterocycles. The lowest BCUT2D eigenvalue weighted by atomic mass is 9.78. The van der Waals surface area contributed by atoms with Crippen LogP contribution < -0.4 is 10.2 Å². The number of hydrogen-bond acceptors (Lipinski definition) is 4. The summed E-state index contributed by atoms with van der Waals surface area (Å²) in [6, 6.07) is 5.50. The summed E-state index contributed by atoms with van der Waals surface area (Å²) >= 11 is 0. The van der Waals surface area contributed by atoms with Crippen LogP contribution in [0.5, 0.6) is 0 Å². The van der Waals surface area contributed by atoms with Crippen LogP contribution in [0.1, 0.15) is 47.1 Å². The minimum absolute atomic E-state index is 0.399. The number of sulfonamides is 1. The minimum atomic E-state index is -3.36. The highest BCUT2D eigenvalue weighted by atomic mass is 32.2. The third-order valence-electron chi connectivity index (χ3n) is 4.65. The van der Waals surface area contributed by atoms with E-state index in [0.29, 0.717) is 5.69 Å². The van der Waals surface area contributed by atoms with E-state index in [1.165, 1.54) is 0 Å². The van der Waals surface area contributed by atoms with Crippen molar-refractivity contribution in [2.45, 2.75) is 64.9 Å². The molecule has 5 nitrogen and oxygen atoms in total. The maximum absolute atomic E-state index is 12.0. The van der Waals surface area contributed by atoms with Gasteiger partial charge in [0.1, 0.15) is 0 Å². The zero-order valence-electron chi connectivity index (χ0n) is 14.9. The fraction of sp³-hybridized carbons (Fsp3) is 0.625. The monoisotopic (exact) mass is 339 g/mol. The zero-order valence-corrected chi connectivity index (χ0v) is 15.7. The Labute approximate surface area is 140 Å². The highest BCUT2D eigenvalue weighted by Gasteiger charge is 2.51. The molecule has 1 aromatic rings. The highest BCUT2D eigenvalue weighted by molar-refractivity contribution is 7.93. The third-order valence-corrected chi connectivity index (χ3v) is 6.39. The molecule has 1 aromatic carbocycles. The molecule has 1 aliphatic heterocycles. The lowest BCUT2D eigenvalue weighted by Gasteiger charge is -2.32. The Kier molecular flexibility index (Phi) is 4.61. The van der Waals surface area contributed by atoms with Gasteiger partial charge in [0.2, 0.25) is 10.0 Å². The smallest absolute Gasteiger partial charge is 0.399 e. The molecule has 0 saturated carbocycles. The second kappa shape index (κ2) is 5.79. The minimum Gasteiger partial charge on any atom is -0.399 e. The van der Waals surface area contributed by atoms with E-state index >= 15 is 0 Å². The predicted octanol–water partition coefficient (Wildman–Crippen LogP) is 2.44. The first-order valence-corrected chi connectivity index (χ1v) is 9.38. The standard InChI is InChI=1S/C16H26BNO4S/c1-11(2)23(19,20)18-14-9-8-13(10-12(14)3)17-21-15(4,5)16(6,7)22-17/h8-11,18H,1-7H3. The van der Waals surface area contributed by atoms with Crippen molar-refractivity contribution in [3.8, 4) is 0 Å². The number of hydrogen-bond donors (Lipinski definition) is 1. The number of anilines is 1. The van der Waals surface area contributed by atoms with Gasteiger partial charge in [-0.1, -0.05) is 12.1 Å². The van der Waals surface area contributed by atoms with E-state index in [2.05, 4.69) is 4.72 Å². The highest BCUT2D eigenvalue weighted by Crippen LogP contribution is 2.36. The molecule has 128 valence electrons. The molecule has 0 radical (unpaired) electrons. The largest absolute Gasteiger partial charge is 0.494 e. The summed E-state index contributed by atoms with van der Waals surface area (Å²) in [5.41, 5.74) is 1.50. The van der Waals surface area contributed by atoms with Gasteiger partial charge in [-0.05, 0) is 65.6 Å². The van der Waals surface area contributed by atoms with Crippen LogP contribution in [0.4, 0.5) is 5.69 Å². The first-order valence-electron chi connectivity index (χ1n) is 7.83. The Morgan fingerprint density at radius 3 is 2.04 bits per heavy atom. The summed E-state index contributed by atoms with van der Waals surface area (Å²) in [6.07, 6.45) is 0. The van der Waals surface area contributed by atoms with Crippen molar-refractivity contribution in [2.24, 2.45) is 0 Å². The Morgan fingerprint density at radius 1 is 1.09 bits per heavy atom. The number of nitrogens with one attached hydrogen (secondary N) is 1. The summed E-state index contributed by atoms with van der Waals surface area (Å²) in [5.74, 6) is 0. The van der Waals surface area contributed by atoms with Gasteiger partial charge in [-0.2, -0.15) is 0 Å². The maximum Gasteiger partial charge on any atom is 0.494 e. The molecule has 2 rings (SSSR count). The summed E-state index contributed by atoms with van der Waals surface area (Å²) in [4.78, 5) is 0. The van der Waals surface area contributed by atoms with Crippen LogP contribution in [-0.2, 0) is 19.3 Å². The zero-order chi connectivity index (χ0) is 17.6. The molecule has 0 unspecified atom stereocenters. The molecular formula is C16H26BNO4S. The fourth-order valence-electron chi connectivity index (χ4n) is 2.20. The molecule has 7 heteroatoms. The van der Waals surface area contributed by atoms with Crippen LogP contribution >= 0.6 is 0 Å². The molecule has 1 aliphatic rings. The van der Waals surface area contributed by atoms with Crippen molar-refractivity contribution in [3.63, 3.8) is 0 Å². The van der Waals surface area contributed by atoms with E-state index in [4.69, 9.17) is 9.31 Å². The second-order valence-corrected chi connectivity index (χ2v) is 9.60. The van der Waals surface area contributed by atoms with E-state index in [1.54, 1.807) is 19.9 Å². The quantitative estimate of drug-likeness (QED) is 0.856. The van der Waals surface area contributed by atoms with Gasteiger partial charge in [-0.3, -0.25) is 4.72 Å². The Morgan fingerprint density at radius 2 is 1.61 bits per heavy atom. The Bertz CT molecular complexity index is 682. The maximum atomic E-state index is 12.0. The summed E-state index contributed by atoms with van der Waals surface area (Å²) < 4.78 is 38.7. The molecule has 0 atom stereocenters. The predicted molar refractivity (Wildman–Crippen MR) is 94.6 cm³/mol. The molecule has 0 bridgehead atoms. The topological polar surface area (TPSA) is 64.6 Å². The van der Waals surface area contributed by atoms with Gasteiger partial charge >= 0.3 is 7.12 Å². The van der Waals surface area contributed by atoms with E-state index in [9.17, 15) is 8.42 Å². The van der Waals surface area contributed by atoms with Crippen molar-refractivity contribution in [2.75, 3.05) is 4.72 Å².